The molecule has 0 radical (unpaired) electrons. The van der Waals surface area contributed by atoms with Crippen molar-refractivity contribution in [2.45, 2.75) is 46.0 Å². The fourth-order valence-electron chi connectivity index (χ4n) is 2.61. The van der Waals surface area contributed by atoms with E-state index in [1.807, 2.05) is 6.92 Å². The molecule has 1 saturated heterocycles. The summed E-state index contributed by atoms with van der Waals surface area (Å²) in [6, 6.07) is 0. The lowest BCUT2D eigenvalue weighted by Gasteiger charge is -2.32. The first-order chi connectivity index (χ1) is 7.67. The zero-order valence-corrected chi connectivity index (χ0v) is 10.6. The summed E-state index contributed by atoms with van der Waals surface area (Å²) in [7, 11) is 0. The minimum Gasteiger partial charge on any atom is -0.481 e. The standard InChI is InChI=1S/C13H25NO2/c1-3-7-14-8-5-11(6-9-14)10-12(4-2)13(15)16/h11-12H,3-10H2,1-2H3,(H,15,16). The van der Waals surface area contributed by atoms with Crippen molar-refractivity contribution in [3.8, 4) is 0 Å². The molecule has 3 heteroatoms. The van der Waals surface area contributed by atoms with Gasteiger partial charge in [0.2, 0.25) is 0 Å². The van der Waals surface area contributed by atoms with E-state index in [9.17, 15) is 4.79 Å². The predicted octanol–water partition coefficient (Wildman–Crippen LogP) is 2.61. The molecule has 0 bridgehead atoms. The zero-order valence-electron chi connectivity index (χ0n) is 10.6. The Balaban J connectivity index is 2.28. The van der Waals surface area contributed by atoms with Crippen LogP contribution in [0.4, 0.5) is 0 Å². The maximum absolute atomic E-state index is 11.0. The van der Waals surface area contributed by atoms with E-state index in [-0.39, 0.29) is 5.92 Å². The number of hydrogen-bond acceptors (Lipinski definition) is 2. The Kier molecular flexibility index (Phi) is 5.81. The molecule has 1 fully saturated rings. The molecule has 1 heterocycles. The normalized spacial score (nSPS) is 20.9. The van der Waals surface area contributed by atoms with Crippen molar-refractivity contribution < 1.29 is 9.90 Å². The van der Waals surface area contributed by atoms with Gasteiger partial charge in [-0.05, 0) is 57.7 Å². The van der Waals surface area contributed by atoms with Gasteiger partial charge < -0.3 is 10.0 Å². The van der Waals surface area contributed by atoms with Crippen LogP contribution in [0.15, 0.2) is 0 Å². The molecule has 1 aliphatic heterocycles. The molecular weight excluding hydrogens is 202 g/mol. The molecule has 0 aromatic rings. The van der Waals surface area contributed by atoms with Gasteiger partial charge in [-0.15, -0.1) is 0 Å². The van der Waals surface area contributed by atoms with Crippen LogP contribution in [0.2, 0.25) is 0 Å². The molecule has 0 spiro atoms. The Morgan fingerprint density at radius 2 is 2.00 bits per heavy atom. The molecule has 1 rings (SSSR count). The molecule has 0 aromatic carbocycles. The summed E-state index contributed by atoms with van der Waals surface area (Å²) in [5.41, 5.74) is 0. The fourth-order valence-corrected chi connectivity index (χ4v) is 2.61. The second kappa shape index (κ2) is 6.89. The van der Waals surface area contributed by atoms with E-state index >= 15 is 0 Å². The number of carboxylic acid groups (broad SMARTS) is 1. The number of nitrogens with zero attached hydrogens (tertiary/aromatic N) is 1. The molecule has 1 unspecified atom stereocenters. The number of piperidine rings is 1. The van der Waals surface area contributed by atoms with E-state index in [1.54, 1.807) is 0 Å². The highest BCUT2D eigenvalue weighted by Gasteiger charge is 2.24. The first-order valence-corrected chi connectivity index (χ1v) is 6.62. The molecule has 0 amide bonds. The average molecular weight is 227 g/mol. The molecule has 16 heavy (non-hydrogen) atoms. The quantitative estimate of drug-likeness (QED) is 0.758. The third kappa shape index (κ3) is 4.12. The summed E-state index contributed by atoms with van der Waals surface area (Å²) in [5, 5.41) is 9.03. The summed E-state index contributed by atoms with van der Waals surface area (Å²) in [6.45, 7) is 7.71. The largest absolute Gasteiger partial charge is 0.481 e. The summed E-state index contributed by atoms with van der Waals surface area (Å²) in [4.78, 5) is 13.5. The van der Waals surface area contributed by atoms with Gasteiger partial charge in [0.1, 0.15) is 0 Å². The van der Waals surface area contributed by atoms with Crippen molar-refractivity contribution in [3.63, 3.8) is 0 Å². The number of carboxylic acids is 1. The van der Waals surface area contributed by atoms with E-state index in [0.717, 1.165) is 25.9 Å². The molecule has 0 saturated carbocycles. The van der Waals surface area contributed by atoms with Crippen molar-refractivity contribution in [1.82, 2.24) is 4.90 Å². The average Bonchev–Trinajstić information content (AvgIpc) is 2.28. The molecule has 0 aromatic heterocycles. The molecule has 1 atom stereocenters. The zero-order chi connectivity index (χ0) is 12.0. The van der Waals surface area contributed by atoms with Crippen molar-refractivity contribution in [3.05, 3.63) is 0 Å². The van der Waals surface area contributed by atoms with Gasteiger partial charge in [-0.3, -0.25) is 4.79 Å². The van der Waals surface area contributed by atoms with Crippen molar-refractivity contribution in [2.24, 2.45) is 11.8 Å². The van der Waals surface area contributed by atoms with Gasteiger partial charge in [0.05, 0.1) is 5.92 Å². The van der Waals surface area contributed by atoms with E-state index in [4.69, 9.17) is 5.11 Å². The maximum Gasteiger partial charge on any atom is 0.306 e. The summed E-state index contributed by atoms with van der Waals surface area (Å²) in [6.07, 6.45) is 5.24. The van der Waals surface area contributed by atoms with Crippen LogP contribution in [-0.2, 0) is 4.79 Å². The Morgan fingerprint density at radius 3 is 2.44 bits per heavy atom. The second-order valence-electron chi connectivity index (χ2n) is 4.96. The topological polar surface area (TPSA) is 40.5 Å². The van der Waals surface area contributed by atoms with Gasteiger partial charge in [0.25, 0.3) is 0 Å². The number of carbonyl (C=O) groups is 1. The smallest absolute Gasteiger partial charge is 0.306 e. The minimum absolute atomic E-state index is 0.122. The summed E-state index contributed by atoms with van der Waals surface area (Å²) < 4.78 is 0. The molecular formula is C13H25NO2. The van der Waals surface area contributed by atoms with Crippen LogP contribution >= 0.6 is 0 Å². The van der Waals surface area contributed by atoms with E-state index in [2.05, 4.69) is 11.8 Å². The lowest BCUT2D eigenvalue weighted by atomic mass is 9.86. The van der Waals surface area contributed by atoms with Gasteiger partial charge in [0, 0.05) is 0 Å². The molecule has 1 N–H and O–H groups in total. The third-order valence-corrected chi connectivity index (χ3v) is 3.71. The van der Waals surface area contributed by atoms with E-state index < -0.39 is 5.97 Å². The second-order valence-corrected chi connectivity index (χ2v) is 4.96. The highest BCUT2D eigenvalue weighted by molar-refractivity contribution is 5.69. The van der Waals surface area contributed by atoms with Crippen LogP contribution in [0.3, 0.4) is 0 Å². The number of hydrogen-bond donors (Lipinski definition) is 1. The van der Waals surface area contributed by atoms with Gasteiger partial charge in [0.15, 0.2) is 0 Å². The Bertz CT molecular complexity index is 210. The molecule has 94 valence electrons. The predicted molar refractivity (Wildman–Crippen MR) is 65.5 cm³/mol. The lowest BCUT2D eigenvalue weighted by molar-refractivity contribution is -0.142. The van der Waals surface area contributed by atoms with Gasteiger partial charge in [-0.25, -0.2) is 0 Å². The van der Waals surface area contributed by atoms with Gasteiger partial charge >= 0.3 is 5.97 Å². The van der Waals surface area contributed by atoms with Crippen molar-refractivity contribution in [1.29, 1.82) is 0 Å². The fraction of sp³-hybridized carbons (Fsp3) is 0.923. The van der Waals surface area contributed by atoms with E-state index in [1.165, 1.54) is 25.8 Å². The van der Waals surface area contributed by atoms with Crippen LogP contribution in [-0.4, -0.2) is 35.6 Å². The Hall–Kier alpha value is -0.570. The number of likely N-dealkylation sites (tertiary alicyclic amines) is 1. The lowest BCUT2D eigenvalue weighted by Crippen LogP contribution is -2.35. The Labute approximate surface area is 98.8 Å². The van der Waals surface area contributed by atoms with Crippen LogP contribution in [0.25, 0.3) is 0 Å². The van der Waals surface area contributed by atoms with Crippen LogP contribution in [0.5, 0.6) is 0 Å². The molecule has 3 nitrogen and oxygen atoms in total. The highest BCUT2D eigenvalue weighted by Crippen LogP contribution is 2.25. The minimum atomic E-state index is -0.613. The summed E-state index contributed by atoms with van der Waals surface area (Å²) in [5.74, 6) is -0.102. The highest BCUT2D eigenvalue weighted by atomic mass is 16.4. The van der Waals surface area contributed by atoms with Crippen LogP contribution < -0.4 is 0 Å². The maximum atomic E-state index is 11.0. The first kappa shape index (κ1) is 13.5. The SMILES string of the molecule is CCCN1CCC(CC(CC)C(=O)O)CC1. The monoisotopic (exact) mass is 227 g/mol. The van der Waals surface area contributed by atoms with Crippen molar-refractivity contribution in [2.75, 3.05) is 19.6 Å². The van der Waals surface area contributed by atoms with E-state index in [0.29, 0.717) is 5.92 Å². The third-order valence-electron chi connectivity index (χ3n) is 3.71. The van der Waals surface area contributed by atoms with Crippen molar-refractivity contribution >= 4 is 5.97 Å². The first-order valence-electron chi connectivity index (χ1n) is 6.62. The molecule has 0 aliphatic carbocycles. The van der Waals surface area contributed by atoms with Crippen LogP contribution in [0.1, 0.15) is 46.0 Å². The number of rotatable bonds is 6. The molecule has 1 aliphatic rings. The number of aliphatic carboxylic acids is 1. The van der Waals surface area contributed by atoms with Gasteiger partial charge in [-0.1, -0.05) is 13.8 Å². The van der Waals surface area contributed by atoms with Crippen LogP contribution in [0, 0.1) is 11.8 Å². The Morgan fingerprint density at radius 1 is 1.38 bits per heavy atom. The summed E-state index contributed by atoms with van der Waals surface area (Å²) >= 11 is 0. The van der Waals surface area contributed by atoms with Gasteiger partial charge in [-0.2, -0.15) is 0 Å².